The Bertz CT molecular complexity index is 918. The van der Waals surface area contributed by atoms with Crippen molar-refractivity contribution in [3.8, 4) is 5.75 Å². The van der Waals surface area contributed by atoms with Crippen molar-refractivity contribution in [1.82, 2.24) is 15.1 Å². The first-order valence-electron chi connectivity index (χ1n) is 12.2. The summed E-state index contributed by atoms with van der Waals surface area (Å²) >= 11 is 1.71. The second kappa shape index (κ2) is 11.8. The van der Waals surface area contributed by atoms with Gasteiger partial charge in [0.05, 0.1) is 19.3 Å². The average Bonchev–Trinajstić information content (AvgIpc) is 3.38. The fourth-order valence-electron chi connectivity index (χ4n) is 4.91. The van der Waals surface area contributed by atoms with Crippen molar-refractivity contribution >= 4 is 23.2 Å². The number of carbonyl (C=O) groups excluding carboxylic acids is 2. The van der Waals surface area contributed by atoms with Crippen molar-refractivity contribution in [2.75, 3.05) is 39.5 Å². The Morgan fingerprint density at radius 2 is 1.82 bits per heavy atom. The van der Waals surface area contributed by atoms with Gasteiger partial charge in [-0.1, -0.05) is 6.07 Å². The first kappa shape index (κ1) is 24.7. The summed E-state index contributed by atoms with van der Waals surface area (Å²) in [4.78, 5) is 31.0. The average molecular weight is 486 g/mol. The van der Waals surface area contributed by atoms with Gasteiger partial charge in [0, 0.05) is 42.2 Å². The molecule has 8 heteroatoms. The van der Waals surface area contributed by atoms with E-state index < -0.39 is 0 Å². The van der Waals surface area contributed by atoms with Crippen LogP contribution in [-0.4, -0.2) is 73.2 Å². The first-order valence-corrected chi connectivity index (χ1v) is 13.1. The number of rotatable bonds is 8. The van der Waals surface area contributed by atoms with E-state index in [0.717, 1.165) is 45.6 Å². The standard InChI is InChI=1S/C26H35N3O4S/c1-19-5-3-6-20(2)29(19)25(30)18-33-22-10-8-21(9-11-22)26(31)27-17-23(24-7-4-16-34-24)28-12-14-32-15-13-28/h4,7-11,16,19-20,23H,3,5-6,12-15,17-18H2,1-2H3,(H,27,31). The second-order valence-electron chi connectivity index (χ2n) is 9.13. The van der Waals surface area contributed by atoms with Crippen LogP contribution in [0.25, 0.3) is 0 Å². The number of benzene rings is 1. The van der Waals surface area contributed by atoms with Crippen LogP contribution in [0.5, 0.6) is 5.75 Å². The fourth-order valence-corrected chi connectivity index (χ4v) is 5.77. The summed E-state index contributed by atoms with van der Waals surface area (Å²) in [5, 5.41) is 5.16. The van der Waals surface area contributed by atoms with E-state index in [1.165, 1.54) is 4.88 Å². The lowest BCUT2D eigenvalue weighted by atomic mass is 9.97. The minimum atomic E-state index is -0.117. The third-order valence-electron chi connectivity index (χ3n) is 6.77. The van der Waals surface area contributed by atoms with Gasteiger partial charge in [-0.3, -0.25) is 14.5 Å². The molecular formula is C26H35N3O4S. The van der Waals surface area contributed by atoms with E-state index >= 15 is 0 Å². The molecule has 2 aliphatic heterocycles. The molecule has 2 saturated heterocycles. The molecule has 0 aliphatic carbocycles. The lowest BCUT2D eigenvalue weighted by Gasteiger charge is -2.38. The van der Waals surface area contributed by atoms with Gasteiger partial charge in [-0.05, 0) is 68.8 Å². The van der Waals surface area contributed by atoms with Crippen LogP contribution in [-0.2, 0) is 9.53 Å². The van der Waals surface area contributed by atoms with Crippen LogP contribution in [0.15, 0.2) is 41.8 Å². The van der Waals surface area contributed by atoms with Gasteiger partial charge < -0.3 is 19.7 Å². The van der Waals surface area contributed by atoms with E-state index in [1.807, 2.05) is 11.0 Å². The molecule has 0 spiro atoms. The number of ether oxygens (including phenoxy) is 2. The molecule has 2 aliphatic rings. The quantitative estimate of drug-likeness (QED) is 0.617. The minimum absolute atomic E-state index is 0.0161. The Hall–Kier alpha value is -2.42. The highest BCUT2D eigenvalue weighted by Gasteiger charge is 2.29. The SMILES string of the molecule is CC1CCCC(C)N1C(=O)COc1ccc(C(=O)NCC(c2cccs2)N2CCOCC2)cc1. The zero-order valence-corrected chi connectivity index (χ0v) is 20.9. The number of morpholine rings is 1. The zero-order chi connectivity index (χ0) is 23.9. The van der Waals surface area contributed by atoms with Crippen molar-refractivity contribution in [3.05, 3.63) is 52.2 Å². The second-order valence-corrected chi connectivity index (χ2v) is 10.1. The van der Waals surface area contributed by atoms with Crippen molar-refractivity contribution in [2.45, 2.75) is 51.2 Å². The maximum absolute atomic E-state index is 12.8. The fraction of sp³-hybridized carbons (Fsp3) is 0.538. The number of hydrogen-bond acceptors (Lipinski definition) is 6. The Labute approximate surface area is 206 Å². The number of thiophene rings is 1. The van der Waals surface area contributed by atoms with Gasteiger partial charge >= 0.3 is 0 Å². The highest BCUT2D eigenvalue weighted by atomic mass is 32.1. The summed E-state index contributed by atoms with van der Waals surface area (Å²) < 4.78 is 11.2. The van der Waals surface area contributed by atoms with Crippen LogP contribution in [0.3, 0.4) is 0 Å². The van der Waals surface area contributed by atoms with Gasteiger partial charge in [-0.25, -0.2) is 0 Å². The van der Waals surface area contributed by atoms with Crippen LogP contribution in [0, 0.1) is 0 Å². The van der Waals surface area contributed by atoms with Crippen molar-refractivity contribution in [2.24, 2.45) is 0 Å². The Kier molecular flexibility index (Phi) is 8.59. The van der Waals surface area contributed by atoms with Crippen molar-refractivity contribution in [3.63, 3.8) is 0 Å². The smallest absolute Gasteiger partial charge is 0.260 e. The molecule has 0 bridgehead atoms. The molecule has 0 radical (unpaired) electrons. The molecule has 7 nitrogen and oxygen atoms in total. The van der Waals surface area contributed by atoms with Crippen LogP contribution >= 0.6 is 11.3 Å². The molecule has 1 N–H and O–H groups in total. The lowest BCUT2D eigenvalue weighted by molar-refractivity contribution is -0.139. The molecule has 184 valence electrons. The number of carbonyl (C=O) groups is 2. The number of amides is 2. The molecule has 1 aromatic carbocycles. The van der Waals surface area contributed by atoms with Gasteiger partial charge in [0.2, 0.25) is 0 Å². The van der Waals surface area contributed by atoms with Gasteiger partial charge in [0.1, 0.15) is 5.75 Å². The van der Waals surface area contributed by atoms with E-state index in [9.17, 15) is 9.59 Å². The zero-order valence-electron chi connectivity index (χ0n) is 20.1. The molecule has 0 saturated carbocycles. The largest absolute Gasteiger partial charge is 0.484 e. The Balaban J connectivity index is 1.29. The van der Waals surface area contributed by atoms with Crippen LogP contribution in [0.1, 0.15) is 54.4 Å². The highest BCUT2D eigenvalue weighted by Crippen LogP contribution is 2.26. The first-order chi connectivity index (χ1) is 16.5. The summed E-state index contributed by atoms with van der Waals surface area (Å²) in [6.07, 6.45) is 3.24. The third-order valence-corrected chi connectivity index (χ3v) is 7.75. The summed E-state index contributed by atoms with van der Waals surface area (Å²) in [5.41, 5.74) is 0.573. The lowest BCUT2D eigenvalue weighted by Crippen LogP contribution is -2.49. The summed E-state index contributed by atoms with van der Waals surface area (Å²) in [7, 11) is 0. The number of nitrogens with zero attached hydrogens (tertiary/aromatic N) is 2. The summed E-state index contributed by atoms with van der Waals surface area (Å²) in [6.45, 7) is 7.91. The van der Waals surface area contributed by atoms with Crippen LogP contribution in [0.4, 0.5) is 0 Å². The van der Waals surface area contributed by atoms with E-state index in [-0.39, 0.29) is 36.5 Å². The van der Waals surface area contributed by atoms with Crippen LogP contribution < -0.4 is 10.1 Å². The predicted molar refractivity (Wildman–Crippen MR) is 133 cm³/mol. The summed E-state index contributed by atoms with van der Waals surface area (Å²) in [5.74, 6) is 0.490. The van der Waals surface area contributed by atoms with E-state index in [1.54, 1.807) is 35.6 Å². The Morgan fingerprint density at radius 3 is 2.47 bits per heavy atom. The molecule has 4 rings (SSSR count). The minimum Gasteiger partial charge on any atom is -0.484 e. The summed E-state index contributed by atoms with van der Waals surface area (Å²) in [6, 6.07) is 11.8. The molecule has 3 atom stereocenters. The topological polar surface area (TPSA) is 71.1 Å². The van der Waals surface area contributed by atoms with Gasteiger partial charge in [-0.15, -0.1) is 11.3 Å². The molecule has 3 heterocycles. The van der Waals surface area contributed by atoms with Gasteiger partial charge in [0.15, 0.2) is 6.61 Å². The van der Waals surface area contributed by atoms with E-state index in [4.69, 9.17) is 9.47 Å². The molecule has 2 fully saturated rings. The van der Waals surface area contributed by atoms with Gasteiger partial charge in [-0.2, -0.15) is 0 Å². The highest BCUT2D eigenvalue weighted by molar-refractivity contribution is 7.10. The number of piperidine rings is 1. The maximum atomic E-state index is 12.8. The van der Waals surface area contributed by atoms with E-state index in [0.29, 0.717) is 17.9 Å². The van der Waals surface area contributed by atoms with Gasteiger partial charge in [0.25, 0.3) is 11.8 Å². The maximum Gasteiger partial charge on any atom is 0.260 e. The Morgan fingerprint density at radius 1 is 1.12 bits per heavy atom. The number of hydrogen-bond donors (Lipinski definition) is 1. The molecule has 1 aromatic heterocycles. The molecule has 3 unspecified atom stereocenters. The van der Waals surface area contributed by atoms with Crippen LogP contribution in [0.2, 0.25) is 0 Å². The van der Waals surface area contributed by atoms with Crippen molar-refractivity contribution in [1.29, 1.82) is 0 Å². The normalized spacial score (nSPS) is 22.2. The number of nitrogens with one attached hydrogen (secondary N) is 1. The van der Waals surface area contributed by atoms with Crippen molar-refractivity contribution < 1.29 is 19.1 Å². The predicted octanol–water partition coefficient (Wildman–Crippen LogP) is 3.72. The molecule has 2 aromatic rings. The third kappa shape index (κ3) is 6.17. The molecule has 2 amide bonds. The molecular weight excluding hydrogens is 450 g/mol. The van der Waals surface area contributed by atoms with E-state index in [2.05, 4.69) is 35.5 Å². The monoisotopic (exact) mass is 485 g/mol. The number of likely N-dealkylation sites (tertiary alicyclic amines) is 1. The molecule has 34 heavy (non-hydrogen) atoms.